The summed E-state index contributed by atoms with van der Waals surface area (Å²) in [5.74, 6) is 0.185. The first-order chi connectivity index (χ1) is 23.0. The van der Waals surface area contributed by atoms with Crippen LogP contribution >= 0.6 is 31.9 Å². The second-order valence-electron chi connectivity index (χ2n) is 16.9. The maximum atomic E-state index is 13.3. The largest absolute Gasteiger partial charge is 0.289 e. The number of azo groups is 2. The Morgan fingerprint density at radius 2 is 0.840 bits per heavy atom. The Bertz CT molecular complexity index is 1860. The number of benzene rings is 2. The smallest absolute Gasteiger partial charge is 0.186 e. The second-order valence-corrected chi connectivity index (χ2v) is 18.6. The van der Waals surface area contributed by atoms with Crippen LogP contribution < -0.4 is 0 Å². The number of carbonyl (C=O) groups is 2. The fourth-order valence-electron chi connectivity index (χ4n) is 5.54. The van der Waals surface area contributed by atoms with Crippen LogP contribution in [0.5, 0.6) is 0 Å². The number of allylic oxidation sites excluding steroid dienone is 10. The lowest BCUT2D eigenvalue weighted by molar-refractivity contribution is -0.114. The molecule has 0 saturated heterocycles. The van der Waals surface area contributed by atoms with Gasteiger partial charge in [-0.2, -0.15) is 15.3 Å². The second kappa shape index (κ2) is 14.5. The van der Waals surface area contributed by atoms with Crippen LogP contribution in [-0.4, -0.2) is 11.6 Å². The van der Waals surface area contributed by atoms with E-state index in [2.05, 4.69) is 135 Å². The van der Waals surface area contributed by atoms with Crippen molar-refractivity contribution < 1.29 is 9.59 Å². The molecular formula is C42H48Br2N4O2. The summed E-state index contributed by atoms with van der Waals surface area (Å²) in [4.78, 5) is 26.5. The summed E-state index contributed by atoms with van der Waals surface area (Å²) in [5.41, 5.74) is 6.99. The van der Waals surface area contributed by atoms with Crippen molar-refractivity contribution in [3.63, 3.8) is 0 Å². The SMILES string of the molecule is CC(C)(C)C1=CC(=C/N=N/c2ccc(-c3cc(Br)c(/N=N/C=C4C=C(C(C)(C)C)C(=O)C(C(C)(C)C)=C4)c(Br)c3)cc2)C=C(C(C)(C)C)C1=O. The fourth-order valence-corrected chi connectivity index (χ4v) is 6.89. The first-order valence-corrected chi connectivity index (χ1v) is 18.3. The van der Waals surface area contributed by atoms with E-state index in [9.17, 15) is 9.59 Å². The normalized spacial score (nSPS) is 16.5. The van der Waals surface area contributed by atoms with Gasteiger partial charge in [-0.05, 0) is 124 Å². The molecule has 0 aromatic heterocycles. The van der Waals surface area contributed by atoms with E-state index in [1.807, 2.05) is 60.7 Å². The molecule has 50 heavy (non-hydrogen) atoms. The molecule has 0 amide bonds. The van der Waals surface area contributed by atoms with Gasteiger partial charge in [-0.3, -0.25) is 9.59 Å². The maximum Gasteiger partial charge on any atom is 0.186 e. The van der Waals surface area contributed by atoms with Crippen LogP contribution in [0.1, 0.15) is 83.1 Å². The van der Waals surface area contributed by atoms with Crippen molar-refractivity contribution in [2.75, 3.05) is 0 Å². The van der Waals surface area contributed by atoms with Crippen LogP contribution in [0.2, 0.25) is 0 Å². The van der Waals surface area contributed by atoms with Crippen molar-refractivity contribution in [1.82, 2.24) is 0 Å². The minimum atomic E-state index is -0.293. The van der Waals surface area contributed by atoms with Crippen molar-refractivity contribution in [3.05, 3.63) is 115 Å². The molecule has 0 N–H and O–H groups in total. The van der Waals surface area contributed by atoms with Crippen LogP contribution in [0.4, 0.5) is 11.4 Å². The Balaban J connectivity index is 1.55. The zero-order valence-electron chi connectivity index (χ0n) is 31.3. The third-order valence-electron chi connectivity index (χ3n) is 8.42. The molecule has 2 aromatic rings. The quantitative estimate of drug-likeness (QED) is 0.282. The molecule has 262 valence electrons. The average Bonchev–Trinajstić information content (AvgIpc) is 2.97. The minimum Gasteiger partial charge on any atom is -0.289 e. The van der Waals surface area contributed by atoms with Crippen LogP contribution in [-0.2, 0) is 9.59 Å². The van der Waals surface area contributed by atoms with Gasteiger partial charge in [-0.1, -0.05) is 95.2 Å². The van der Waals surface area contributed by atoms with Gasteiger partial charge in [0.25, 0.3) is 0 Å². The Morgan fingerprint density at radius 3 is 1.18 bits per heavy atom. The third-order valence-corrected chi connectivity index (χ3v) is 9.63. The molecule has 2 aliphatic rings. The van der Waals surface area contributed by atoms with Crippen molar-refractivity contribution in [1.29, 1.82) is 0 Å². The van der Waals surface area contributed by atoms with Gasteiger partial charge in [0.2, 0.25) is 0 Å². The van der Waals surface area contributed by atoms with E-state index in [4.69, 9.17) is 0 Å². The molecule has 4 rings (SSSR count). The highest BCUT2D eigenvalue weighted by atomic mass is 79.9. The molecular weight excluding hydrogens is 752 g/mol. The van der Waals surface area contributed by atoms with E-state index >= 15 is 0 Å². The number of halogens is 2. The molecule has 8 heteroatoms. The molecule has 0 unspecified atom stereocenters. The third kappa shape index (κ3) is 9.38. The highest BCUT2D eigenvalue weighted by molar-refractivity contribution is 9.11. The molecule has 2 aliphatic carbocycles. The van der Waals surface area contributed by atoms with E-state index < -0.39 is 0 Å². The lowest BCUT2D eigenvalue weighted by Gasteiger charge is -2.31. The molecule has 2 aromatic carbocycles. The molecule has 0 atom stereocenters. The molecule has 0 bridgehead atoms. The van der Waals surface area contributed by atoms with Gasteiger partial charge in [-0.25, -0.2) is 0 Å². The first-order valence-electron chi connectivity index (χ1n) is 16.8. The van der Waals surface area contributed by atoms with Crippen LogP contribution in [0.25, 0.3) is 11.1 Å². The number of carbonyl (C=O) groups excluding carboxylic acids is 2. The van der Waals surface area contributed by atoms with Crippen molar-refractivity contribution >= 4 is 54.8 Å². The van der Waals surface area contributed by atoms with Gasteiger partial charge < -0.3 is 0 Å². The Morgan fingerprint density at radius 1 is 0.500 bits per heavy atom. The topological polar surface area (TPSA) is 83.6 Å². The summed E-state index contributed by atoms with van der Waals surface area (Å²) in [6.45, 7) is 24.6. The lowest BCUT2D eigenvalue weighted by Crippen LogP contribution is -2.27. The number of nitrogens with zero attached hydrogens (tertiary/aromatic N) is 4. The van der Waals surface area contributed by atoms with Crippen molar-refractivity contribution in [3.8, 4) is 11.1 Å². The zero-order chi connectivity index (χ0) is 37.4. The summed E-state index contributed by atoms with van der Waals surface area (Å²) in [6.07, 6.45) is 11.1. The summed E-state index contributed by atoms with van der Waals surface area (Å²) in [5, 5.41) is 17.7. The van der Waals surface area contributed by atoms with Crippen LogP contribution in [0, 0.1) is 21.7 Å². The van der Waals surface area contributed by atoms with Gasteiger partial charge in [0, 0.05) is 31.2 Å². The number of hydrogen-bond donors (Lipinski definition) is 0. The van der Waals surface area contributed by atoms with Crippen LogP contribution in [0.15, 0.2) is 136 Å². The monoisotopic (exact) mass is 798 g/mol. The number of Topliss-reactive ketones (excluding diaryl/α,β-unsaturated/α-hetero) is 2. The van der Waals surface area contributed by atoms with Gasteiger partial charge in [0.05, 0.1) is 18.1 Å². The average molecular weight is 801 g/mol. The van der Waals surface area contributed by atoms with Gasteiger partial charge in [0.1, 0.15) is 5.69 Å². The van der Waals surface area contributed by atoms with E-state index in [-0.39, 0.29) is 33.2 Å². The first kappa shape index (κ1) is 39.2. The van der Waals surface area contributed by atoms with Crippen molar-refractivity contribution in [2.45, 2.75) is 83.1 Å². The molecule has 0 radical (unpaired) electrons. The predicted octanol–water partition coefficient (Wildman–Crippen LogP) is 13.9. The number of hydrogen-bond acceptors (Lipinski definition) is 6. The molecule has 0 heterocycles. The summed E-state index contributed by atoms with van der Waals surface area (Å²) >= 11 is 7.36. The highest BCUT2D eigenvalue weighted by Crippen LogP contribution is 2.42. The van der Waals surface area contributed by atoms with E-state index in [0.29, 0.717) is 11.4 Å². The summed E-state index contributed by atoms with van der Waals surface area (Å²) in [7, 11) is 0. The summed E-state index contributed by atoms with van der Waals surface area (Å²) < 4.78 is 1.57. The zero-order valence-corrected chi connectivity index (χ0v) is 34.5. The standard InChI is InChI=1S/C42H48Br2N4O2/c1-39(2,3)30-17-25(18-31(37(30)49)40(4,5)6)23-45-47-29-15-13-27(14-16-29)28-21-34(43)36(35(44)22-28)48-46-24-26-19-32(41(7,8)9)38(50)33(20-26)42(10,11)12/h13-24H,1-12H3/b47-45+,48-46+. The maximum absolute atomic E-state index is 13.3. The van der Waals surface area contributed by atoms with Gasteiger partial charge >= 0.3 is 0 Å². The Labute approximate surface area is 314 Å². The minimum absolute atomic E-state index is 0.0889. The number of ketones is 2. The Hall–Kier alpha value is -3.62. The summed E-state index contributed by atoms with van der Waals surface area (Å²) in [6, 6.07) is 11.8. The lowest BCUT2D eigenvalue weighted by atomic mass is 9.72. The molecule has 0 spiro atoms. The predicted molar refractivity (Wildman–Crippen MR) is 213 cm³/mol. The van der Waals surface area contributed by atoms with Gasteiger partial charge in [-0.15, -0.1) is 5.11 Å². The fraction of sp³-hybridized carbons (Fsp3) is 0.381. The highest BCUT2D eigenvalue weighted by Gasteiger charge is 2.35. The van der Waals surface area contributed by atoms with E-state index in [1.54, 1.807) is 12.4 Å². The molecule has 0 fully saturated rings. The van der Waals surface area contributed by atoms with E-state index in [1.165, 1.54) is 0 Å². The van der Waals surface area contributed by atoms with Crippen molar-refractivity contribution in [2.24, 2.45) is 42.1 Å². The Kier molecular flexibility index (Phi) is 11.4. The van der Waals surface area contributed by atoms with Gasteiger partial charge in [0.15, 0.2) is 11.6 Å². The molecule has 0 saturated carbocycles. The molecule has 0 aliphatic heterocycles. The van der Waals surface area contributed by atoms with E-state index in [0.717, 1.165) is 53.5 Å². The number of rotatable bonds is 5. The van der Waals surface area contributed by atoms with Crippen LogP contribution in [0.3, 0.4) is 0 Å². The molecule has 6 nitrogen and oxygen atoms in total.